The monoisotopic (exact) mass is 344 g/mol. The number of pyridine rings is 1. The van der Waals surface area contributed by atoms with Gasteiger partial charge in [-0.2, -0.15) is 0 Å². The van der Waals surface area contributed by atoms with E-state index >= 15 is 0 Å². The third kappa shape index (κ3) is 3.66. The number of carbonyl (C=O) groups excluding carboxylic acids is 1. The number of benzene rings is 1. The minimum Gasteiger partial charge on any atom is -0.497 e. The van der Waals surface area contributed by atoms with Gasteiger partial charge in [0.15, 0.2) is 0 Å². The fraction of sp³-hybridized carbons (Fsp3) is 0.474. The van der Waals surface area contributed by atoms with E-state index < -0.39 is 0 Å². The van der Waals surface area contributed by atoms with Crippen LogP contribution in [0.2, 0.25) is 0 Å². The molecule has 1 amide bonds. The summed E-state index contributed by atoms with van der Waals surface area (Å²) in [5.74, 6) is 1.47. The number of methoxy groups -OCH3 is 1. The third-order valence-electron chi connectivity index (χ3n) is 4.67. The third-order valence-corrected chi connectivity index (χ3v) is 5.56. The Morgan fingerprint density at radius 3 is 2.96 bits per heavy atom. The normalized spacial score (nSPS) is 18.0. The van der Waals surface area contributed by atoms with Gasteiger partial charge in [-0.05, 0) is 56.9 Å². The number of thioether (sulfide) groups is 1. The molecule has 0 aliphatic carbocycles. The first-order chi connectivity index (χ1) is 11.6. The van der Waals surface area contributed by atoms with Crippen molar-refractivity contribution < 1.29 is 9.53 Å². The van der Waals surface area contributed by atoms with Crippen molar-refractivity contribution in [2.24, 2.45) is 0 Å². The van der Waals surface area contributed by atoms with Gasteiger partial charge in [0.25, 0.3) is 0 Å². The summed E-state index contributed by atoms with van der Waals surface area (Å²) in [5, 5.41) is 2.02. The number of carbonyl (C=O) groups is 1. The molecule has 2 aromatic rings. The molecule has 3 rings (SSSR count). The van der Waals surface area contributed by atoms with Crippen molar-refractivity contribution in [2.75, 3.05) is 19.4 Å². The average Bonchev–Trinajstić information content (AvgIpc) is 2.59. The zero-order valence-electron chi connectivity index (χ0n) is 14.5. The van der Waals surface area contributed by atoms with Crippen LogP contribution in [0.15, 0.2) is 29.3 Å². The molecule has 1 fully saturated rings. The van der Waals surface area contributed by atoms with E-state index in [1.54, 1.807) is 7.11 Å². The molecule has 1 aromatic heterocycles. The molecule has 1 aliphatic rings. The van der Waals surface area contributed by atoms with E-state index in [0.29, 0.717) is 11.8 Å². The maximum absolute atomic E-state index is 12.5. The second-order valence-electron chi connectivity index (χ2n) is 6.38. The van der Waals surface area contributed by atoms with E-state index in [1.807, 2.05) is 23.1 Å². The molecular weight excluding hydrogens is 320 g/mol. The quantitative estimate of drug-likeness (QED) is 0.785. The van der Waals surface area contributed by atoms with Crippen molar-refractivity contribution in [2.45, 2.75) is 44.2 Å². The van der Waals surface area contributed by atoms with Crippen LogP contribution in [0.25, 0.3) is 10.9 Å². The molecule has 0 spiro atoms. The van der Waals surface area contributed by atoms with Gasteiger partial charge in [-0.1, -0.05) is 11.8 Å². The summed E-state index contributed by atoms with van der Waals surface area (Å²) in [6.45, 7) is 5.11. The molecule has 24 heavy (non-hydrogen) atoms. The van der Waals surface area contributed by atoms with Gasteiger partial charge in [-0.3, -0.25) is 4.79 Å². The maximum Gasteiger partial charge on any atom is 0.233 e. The molecule has 1 atom stereocenters. The standard InChI is InChI=1S/C19H24N2O2S/c1-13-10-18(20-17-11-15(23-3)7-8-16(13)17)24-12-19(22)21-9-5-4-6-14(21)2/h7-8,10-11,14H,4-6,9,12H2,1-3H3/t14-/m0/s1. The Hall–Kier alpha value is -1.75. The highest BCUT2D eigenvalue weighted by molar-refractivity contribution is 7.99. The van der Waals surface area contributed by atoms with Gasteiger partial charge < -0.3 is 9.64 Å². The van der Waals surface area contributed by atoms with E-state index in [2.05, 4.69) is 19.9 Å². The average molecular weight is 344 g/mol. The Bertz CT molecular complexity index is 747. The van der Waals surface area contributed by atoms with Crippen molar-refractivity contribution in [3.05, 3.63) is 29.8 Å². The Kier molecular flexibility index (Phi) is 5.29. The number of aryl methyl sites for hydroxylation is 1. The van der Waals surface area contributed by atoms with Crippen LogP contribution in [-0.2, 0) is 4.79 Å². The first kappa shape index (κ1) is 17.1. The Morgan fingerprint density at radius 1 is 1.38 bits per heavy atom. The molecule has 128 valence electrons. The summed E-state index contributed by atoms with van der Waals surface area (Å²) >= 11 is 1.52. The summed E-state index contributed by atoms with van der Waals surface area (Å²) in [6.07, 6.45) is 3.46. The number of hydrogen-bond acceptors (Lipinski definition) is 4. The van der Waals surface area contributed by atoms with Crippen molar-refractivity contribution in [1.29, 1.82) is 0 Å². The van der Waals surface area contributed by atoms with Gasteiger partial charge in [-0.25, -0.2) is 4.98 Å². The fourth-order valence-electron chi connectivity index (χ4n) is 3.24. The van der Waals surface area contributed by atoms with Gasteiger partial charge in [0.2, 0.25) is 5.91 Å². The van der Waals surface area contributed by atoms with Gasteiger partial charge in [0.1, 0.15) is 5.75 Å². The van der Waals surface area contributed by atoms with E-state index in [9.17, 15) is 4.79 Å². The minimum atomic E-state index is 0.220. The number of nitrogens with zero attached hydrogens (tertiary/aromatic N) is 2. The van der Waals surface area contributed by atoms with Crippen molar-refractivity contribution in [3.63, 3.8) is 0 Å². The fourth-order valence-corrected chi connectivity index (χ4v) is 4.10. The molecule has 4 nitrogen and oxygen atoms in total. The van der Waals surface area contributed by atoms with Gasteiger partial charge in [0, 0.05) is 24.0 Å². The first-order valence-corrected chi connectivity index (χ1v) is 9.44. The Morgan fingerprint density at radius 2 is 2.21 bits per heavy atom. The molecule has 1 aromatic carbocycles. The molecular formula is C19H24N2O2S. The highest BCUT2D eigenvalue weighted by Gasteiger charge is 2.23. The molecule has 0 radical (unpaired) electrons. The van der Waals surface area contributed by atoms with Gasteiger partial charge in [-0.15, -0.1) is 0 Å². The van der Waals surface area contributed by atoms with Crippen LogP contribution in [0.1, 0.15) is 31.7 Å². The summed E-state index contributed by atoms with van der Waals surface area (Å²) < 4.78 is 5.28. The van der Waals surface area contributed by atoms with Gasteiger partial charge >= 0.3 is 0 Å². The number of likely N-dealkylation sites (tertiary alicyclic amines) is 1. The second-order valence-corrected chi connectivity index (χ2v) is 7.38. The lowest BCUT2D eigenvalue weighted by Gasteiger charge is -2.33. The zero-order valence-corrected chi connectivity index (χ0v) is 15.4. The number of fused-ring (bicyclic) bond motifs is 1. The van der Waals surface area contributed by atoms with Crippen molar-refractivity contribution in [1.82, 2.24) is 9.88 Å². The summed E-state index contributed by atoms with van der Waals surface area (Å²) in [6, 6.07) is 8.35. The SMILES string of the molecule is COc1ccc2c(C)cc(SCC(=O)N3CCCC[C@@H]3C)nc2c1. The number of aromatic nitrogens is 1. The predicted octanol–water partition coefficient (Wildman–Crippen LogP) is 4.04. The van der Waals surface area contributed by atoms with E-state index in [4.69, 9.17) is 9.72 Å². The van der Waals surface area contributed by atoms with E-state index in [-0.39, 0.29) is 5.91 Å². The number of rotatable bonds is 4. The molecule has 1 saturated heterocycles. The van der Waals surface area contributed by atoms with Crippen LogP contribution in [-0.4, -0.2) is 41.2 Å². The highest BCUT2D eigenvalue weighted by Crippen LogP contribution is 2.27. The second kappa shape index (κ2) is 7.43. The van der Waals surface area contributed by atoms with E-state index in [0.717, 1.165) is 41.1 Å². The van der Waals surface area contributed by atoms with Crippen molar-refractivity contribution >= 4 is 28.6 Å². The molecule has 0 unspecified atom stereocenters. The first-order valence-electron chi connectivity index (χ1n) is 8.46. The van der Waals surface area contributed by atoms with Crippen molar-refractivity contribution in [3.8, 4) is 5.75 Å². The molecule has 0 N–H and O–H groups in total. The smallest absolute Gasteiger partial charge is 0.233 e. The van der Waals surface area contributed by atoms with E-state index in [1.165, 1.54) is 23.7 Å². The van der Waals surface area contributed by atoms with Crippen LogP contribution < -0.4 is 4.74 Å². The number of ether oxygens (including phenoxy) is 1. The maximum atomic E-state index is 12.5. The summed E-state index contributed by atoms with van der Waals surface area (Å²) in [5.41, 5.74) is 2.08. The molecule has 0 saturated carbocycles. The topological polar surface area (TPSA) is 42.4 Å². The van der Waals surface area contributed by atoms with Crippen LogP contribution in [0, 0.1) is 6.92 Å². The lowest BCUT2D eigenvalue weighted by molar-refractivity contribution is -0.131. The van der Waals surface area contributed by atoms with Crippen LogP contribution in [0.5, 0.6) is 5.75 Å². The molecule has 5 heteroatoms. The highest BCUT2D eigenvalue weighted by atomic mass is 32.2. The number of piperidine rings is 1. The predicted molar refractivity (Wildman–Crippen MR) is 98.8 cm³/mol. The van der Waals surface area contributed by atoms with Crippen LogP contribution in [0.4, 0.5) is 0 Å². The van der Waals surface area contributed by atoms with Crippen LogP contribution in [0.3, 0.4) is 0 Å². The summed E-state index contributed by atoms with van der Waals surface area (Å²) in [7, 11) is 1.66. The molecule has 2 heterocycles. The lowest BCUT2D eigenvalue weighted by Crippen LogP contribution is -2.42. The number of amides is 1. The molecule has 0 bridgehead atoms. The Labute approximate surface area is 147 Å². The largest absolute Gasteiger partial charge is 0.497 e. The van der Waals surface area contributed by atoms with Gasteiger partial charge in [0.05, 0.1) is 23.4 Å². The lowest BCUT2D eigenvalue weighted by atomic mass is 10.0. The zero-order chi connectivity index (χ0) is 17.1. The minimum absolute atomic E-state index is 0.220. The summed E-state index contributed by atoms with van der Waals surface area (Å²) in [4.78, 5) is 19.2. The Balaban J connectivity index is 1.73. The van der Waals surface area contributed by atoms with Crippen LogP contribution >= 0.6 is 11.8 Å². The molecule has 1 aliphatic heterocycles. The number of hydrogen-bond donors (Lipinski definition) is 0.